The molecule has 0 unspecified atom stereocenters. The van der Waals surface area contributed by atoms with Gasteiger partial charge in [0.1, 0.15) is 5.75 Å². The Balaban J connectivity index is 1.55. The Morgan fingerprint density at radius 3 is 2.42 bits per heavy atom. The number of aliphatic hydroxyl groups is 1. The van der Waals surface area contributed by atoms with Crippen LogP contribution in [0.4, 0.5) is 0 Å². The van der Waals surface area contributed by atoms with Crippen LogP contribution in [0, 0.1) is 0 Å². The number of hydrogen-bond donors (Lipinski definition) is 1. The first-order valence-electron chi connectivity index (χ1n) is 8.84. The zero-order valence-corrected chi connectivity index (χ0v) is 14.2. The van der Waals surface area contributed by atoms with Gasteiger partial charge in [-0.25, -0.2) is 0 Å². The third kappa shape index (κ3) is 2.83. The highest BCUT2D eigenvalue weighted by Gasteiger charge is 2.48. The Bertz CT molecular complexity index is 686. The molecule has 0 saturated carbocycles. The molecule has 2 aliphatic rings. The fourth-order valence-corrected chi connectivity index (χ4v) is 4.52. The summed E-state index contributed by atoms with van der Waals surface area (Å²) in [6.45, 7) is 0.990. The Hall–Kier alpha value is -1.84. The lowest BCUT2D eigenvalue weighted by Crippen LogP contribution is -2.49. The van der Waals surface area contributed by atoms with Crippen molar-refractivity contribution in [1.29, 1.82) is 0 Å². The molecule has 0 aromatic heterocycles. The summed E-state index contributed by atoms with van der Waals surface area (Å²) in [7, 11) is 1.68. The van der Waals surface area contributed by atoms with Crippen LogP contribution in [0.5, 0.6) is 5.75 Å². The number of benzene rings is 2. The number of hydrogen-bond acceptors (Lipinski definition) is 3. The Morgan fingerprint density at radius 1 is 1.04 bits per heavy atom. The van der Waals surface area contributed by atoms with Gasteiger partial charge in [-0.15, -0.1) is 0 Å². The zero-order valence-electron chi connectivity index (χ0n) is 14.2. The Labute approximate surface area is 143 Å². The van der Waals surface area contributed by atoms with Gasteiger partial charge in [0.25, 0.3) is 0 Å². The molecular weight excluding hydrogens is 298 g/mol. The average Bonchev–Trinajstić information content (AvgIpc) is 2.86. The summed E-state index contributed by atoms with van der Waals surface area (Å²) in [4.78, 5) is 2.60. The van der Waals surface area contributed by atoms with E-state index in [-0.39, 0.29) is 0 Å². The number of piperidine rings is 1. The first kappa shape index (κ1) is 15.7. The monoisotopic (exact) mass is 323 g/mol. The van der Waals surface area contributed by atoms with Crippen LogP contribution in [0.3, 0.4) is 0 Å². The van der Waals surface area contributed by atoms with E-state index in [4.69, 9.17) is 4.74 Å². The molecule has 3 atom stereocenters. The van der Waals surface area contributed by atoms with Crippen LogP contribution in [0.25, 0.3) is 0 Å². The van der Waals surface area contributed by atoms with Gasteiger partial charge in [0, 0.05) is 18.6 Å². The fourth-order valence-electron chi connectivity index (χ4n) is 4.52. The van der Waals surface area contributed by atoms with Gasteiger partial charge < -0.3 is 9.84 Å². The molecule has 1 N–H and O–H groups in total. The lowest BCUT2D eigenvalue weighted by atomic mass is 9.80. The SMILES string of the molecule is COc1cccc([C@@]2(O)C[C@H]3CC[C@@H](C2)N3Cc2ccccc2)c1. The molecule has 0 aliphatic carbocycles. The van der Waals surface area contributed by atoms with Crippen molar-refractivity contribution in [3.63, 3.8) is 0 Å². The lowest BCUT2D eigenvalue weighted by molar-refractivity contribution is -0.0596. The minimum absolute atomic E-state index is 0.458. The first-order valence-corrected chi connectivity index (χ1v) is 8.84. The molecule has 24 heavy (non-hydrogen) atoms. The maximum atomic E-state index is 11.3. The highest BCUT2D eigenvalue weighted by Crippen LogP contribution is 2.46. The third-order valence-corrected chi connectivity index (χ3v) is 5.73. The van der Waals surface area contributed by atoms with Crippen molar-refractivity contribution in [2.45, 2.75) is 49.9 Å². The molecule has 4 rings (SSSR count). The number of methoxy groups -OCH3 is 1. The van der Waals surface area contributed by atoms with Gasteiger partial charge in [-0.05, 0) is 48.9 Å². The van der Waals surface area contributed by atoms with Crippen LogP contribution in [-0.2, 0) is 12.1 Å². The molecule has 2 aromatic rings. The first-order chi connectivity index (χ1) is 11.7. The molecule has 0 radical (unpaired) electrons. The largest absolute Gasteiger partial charge is 0.497 e. The van der Waals surface area contributed by atoms with Crippen LogP contribution >= 0.6 is 0 Å². The van der Waals surface area contributed by atoms with Gasteiger partial charge in [-0.3, -0.25) is 4.90 Å². The number of ether oxygens (including phenoxy) is 1. The van der Waals surface area contributed by atoms with Crippen LogP contribution in [0.15, 0.2) is 54.6 Å². The van der Waals surface area contributed by atoms with Crippen molar-refractivity contribution < 1.29 is 9.84 Å². The van der Waals surface area contributed by atoms with E-state index < -0.39 is 5.60 Å². The normalized spacial score (nSPS) is 29.6. The van der Waals surface area contributed by atoms with E-state index in [9.17, 15) is 5.11 Å². The van der Waals surface area contributed by atoms with Gasteiger partial charge in [0.05, 0.1) is 12.7 Å². The molecule has 126 valence electrons. The molecule has 3 nitrogen and oxygen atoms in total. The van der Waals surface area contributed by atoms with Crippen LogP contribution in [0.2, 0.25) is 0 Å². The second-order valence-electron chi connectivity index (χ2n) is 7.21. The van der Waals surface area contributed by atoms with E-state index in [0.717, 1.165) is 30.7 Å². The van der Waals surface area contributed by atoms with Crippen molar-refractivity contribution in [2.75, 3.05) is 7.11 Å². The molecule has 2 fully saturated rings. The van der Waals surface area contributed by atoms with E-state index in [2.05, 4.69) is 35.2 Å². The molecule has 2 aromatic carbocycles. The van der Waals surface area contributed by atoms with Crippen molar-refractivity contribution in [3.8, 4) is 5.75 Å². The molecule has 2 saturated heterocycles. The average molecular weight is 323 g/mol. The second kappa shape index (κ2) is 6.23. The maximum absolute atomic E-state index is 11.3. The summed E-state index contributed by atoms with van der Waals surface area (Å²) in [5.74, 6) is 0.819. The van der Waals surface area contributed by atoms with Crippen LogP contribution in [0.1, 0.15) is 36.8 Å². The van der Waals surface area contributed by atoms with E-state index in [1.54, 1.807) is 7.11 Å². The van der Waals surface area contributed by atoms with Crippen LogP contribution in [-0.4, -0.2) is 29.2 Å². The Morgan fingerprint density at radius 2 is 1.75 bits per heavy atom. The van der Waals surface area contributed by atoms with E-state index >= 15 is 0 Å². The molecule has 0 spiro atoms. The summed E-state index contributed by atoms with van der Waals surface area (Å²) in [6, 6.07) is 19.5. The standard InChI is InChI=1S/C21H25NO2/c1-24-20-9-5-8-17(12-20)21(23)13-18-10-11-19(14-21)22(18)15-16-6-3-2-4-7-16/h2-9,12,18-19,23H,10-11,13-15H2,1H3/t18-,19+,21-. The third-order valence-electron chi connectivity index (χ3n) is 5.73. The second-order valence-corrected chi connectivity index (χ2v) is 7.21. The topological polar surface area (TPSA) is 32.7 Å². The molecule has 3 heteroatoms. The predicted octanol–water partition coefficient (Wildman–Crippen LogP) is 3.71. The maximum Gasteiger partial charge on any atom is 0.119 e. The number of rotatable bonds is 4. The molecule has 0 amide bonds. The highest BCUT2D eigenvalue weighted by atomic mass is 16.5. The van der Waals surface area contributed by atoms with Gasteiger partial charge in [-0.1, -0.05) is 42.5 Å². The number of nitrogens with zero attached hydrogens (tertiary/aromatic N) is 1. The Kier molecular flexibility index (Phi) is 4.07. The van der Waals surface area contributed by atoms with Gasteiger partial charge in [-0.2, -0.15) is 0 Å². The predicted molar refractivity (Wildman–Crippen MR) is 94.9 cm³/mol. The molecule has 2 bridgehead atoms. The quantitative estimate of drug-likeness (QED) is 0.931. The van der Waals surface area contributed by atoms with E-state index in [1.807, 2.05) is 24.3 Å². The van der Waals surface area contributed by atoms with E-state index in [0.29, 0.717) is 12.1 Å². The van der Waals surface area contributed by atoms with Crippen molar-refractivity contribution in [1.82, 2.24) is 4.90 Å². The molecule has 2 aliphatic heterocycles. The van der Waals surface area contributed by atoms with Gasteiger partial charge in [0.2, 0.25) is 0 Å². The fraction of sp³-hybridized carbons (Fsp3) is 0.429. The van der Waals surface area contributed by atoms with Gasteiger partial charge >= 0.3 is 0 Å². The smallest absolute Gasteiger partial charge is 0.119 e. The minimum Gasteiger partial charge on any atom is -0.497 e. The molecule has 2 heterocycles. The highest BCUT2D eigenvalue weighted by molar-refractivity contribution is 5.33. The summed E-state index contributed by atoms with van der Waals surface area (Å²) >= 11 is 0. The van der Waals surface area contributed by atoms with Crippen molar-refractivity contribution in [3.05, 3.63) is 65.7 Å². The lowest BCUT2D eigenvalue weighted by Gasteiger charge is -2.44. The summed E-state index contributed by atoms with van der Waals surface area (Å²) in [5.41, 5.74) is 1.63. The minimum atomic E-state index is -0.729. The van der Waals surface area contributed by atoms with Gasteiger partial charge in [0.15, 0.2) is 0 Å². The van der Waals surface area contributed by atoms with Crippen molar-refractivity contribution in [2.24, 2.45) is 0 Å². The summed E-state index contributed by atoms with van der Waals surface area (Å²) in [5, 5.41) is 11.3. The zero-order chi connectivity index (χ0) is 16.6. The van der Waals surface area contributed by atoms with Crippen LogP contribution < -0.4 is 4.74 Å². The number of fused-ring (bicyclic) bond motifs is 2. The summed E-state index contributed by atoms with van der Waals surface area (Å²) in [6.07, 6.45) is 3.99. The van der Waals surface area contributed by atoms with Crippen molar-refractivity contribution >= 4 is 0 Å². The molecular formula is C21H25NO2. The van der Waals surface area contributed by atoms with E-state index in [1.165, 1.54) is 18.4 Å². The summed E-state index contributed by atoms with van der Waals surface area (Å²) < 4.78 is 5.34.